The predicted molar refractivity (Wildman–Crippen MR) is 84.1 cm³/mol. The lowest BCUT2D eigenvalue weighted by molar-refractivity contribution is -0.126. The largest absolute Gasteiger partial charge is 0.380 e. The summed E-state index contributed by atoms with van der Waals surface area (Å²) >= 11 is 5.52. The van der Waals surface area contributed by atoms with E-state index in [0.29, 0.717) is 19.1 Å². The van der Waals surface area contributed by atoms with Gasteiger partial charge in [-0.1, -0.05) is 26.2 Å². The van der Waals surface area contributed by atoms with E-state index in [2.05, 4.69) is 12.2 Å². The summed E-state index contributed by atoms with van der Waals surface area (Å²) in [7, 11) is 0. The second-order valence-electron chi connectivity index (χ2n) is 5.81. The van der Waals surface area contributed by atoms with E-state index in [0.717, 1.165) is 31.7 Å². The highest BCUT2D eigenvalue weighted by Crippen LogP contribution is 2.31. The first kappa shape index (κ1) is 17.8. The Balaban J connectivity index is 2.04. The van der Waals surface area contributed by atoms with E-state index in [1.54, 1.807) is 0 Å². The fourth-order valence-corrected chi connectivity index (χ4v) is 3.00. The summed E-state index contributed by atoms with van der Waals surface area (Å²) in [5.41, 5.74) is 0. The van der Waals surface area contributed by atoms with Crippen LogP contribution >= 0.6 is 11.6 Å². The van der Waals surface area contributed by atoms with Crippen molar-refractivity contribution in [3.63, 3.8) is 0 Å². The maximum atomic E-state index is 12.0. The number of hydrogen-bond donors (Lipinski definition) is 1. The van der Waals surface area contributed by atoms with Gasteiger partial charge in [0.05, 0.1) is 6.61 Å². The van der Waals surface area contributed by atoms with Crippen LogP contribution in [0.3, 0.4) is 0 Å². The number of carbonyl (C=O) groups excluding carboxylic acids is 1. The Morgan fingerprint density at radius 1 is 1.20 bits per heavy atom. The summed E-state index contributed by atoms with van der Waals surface area (Å²) < 4.78 is 5.28. The molecule has 4 heteroatoms. The molecule has 0 spiro atoms. The van der Waals surface area contributed by atoms with Gasteiger partial charge in [-0.05, 0) is 38.0 Å². The SMILES string of the molecule is CCCCC1CCC(C(=O)NCCCOCCCl)CC1. The van der Waals surface area contributed by atoms with Crippen molar-refractivity contribution in [2.45, 2.75) is 58.3 Å². The van der Waals surface area contributed by atoms with Gasteiger partial charge in [0.1, 0.15) is 0 Å². The molecule has 1 rings (SSSR count). The number of halogens is 1. The summed E-state index contributed by atoms with van der Waals surface area (Å²) in [6.45, 7) is 4.24. The average Bonchev–Trinajstić information content (AvgIpc) is 2.49. The van der Waals surface area contributed by atoms with E-state index in [1.807, 2.05) is 0 Å². The number of amides is 1. The third kappa shape index (κ3) is 7.49. The number of nitrogens with one attached hydrogen (secondary N) is 1. The molecule has 0 atom stereocenters. The molecule has 1 aliphatic rings. The molecule has 0 bridgehead atoms. The molecule has 0 radical (unpaired) electrons. The Hall–Kier alpha value is -0.280. The molecule has 0 heterocycles. The van der Waals surface area contributed by atoms with Crippen molar-refractivity contribution in [2.24, 2.45) is 11.8 Å². The molecule has 1 amide bonds. The van der Waals surface area contributed by atoms with Crippen molar-refractivity contribution >= 4 is 17.5 Å². The number of alkyl halides is 1. The molecule has 0 aromatic rings. The molecular weight excluding hydrogens is 274 g/mol. The van der Waals surface area contributed by atoms with E-state index in [9.17, 15) is 4.79 Å². The molecular formula is C16H30ClNO2. The highest BCUT2D eigenvalue weighted by atomic mass is 35.5. The Morgan fingerprint density at radius 3 is 2.60 bits per heavy atom. The quantitative estimate of drug-likeness (QED) is 0.493. The molecule has 0 unspecified atom stereocenters. The summed E-state index contributed by atoms with van der Waals surface area (Å²) in [6.07, 6.45) is 9.45. The maximum Gasteiger partial charge on any atom is 0.223 e. The molecule has 0 aromatic heterocycles. The molecule has 0 aliphatic heterocycles. The van der Waals surface area contributed by atoms with Gasteiger partial charge in [-0.15, -0.1) is 11.6 Å². The first-order valence-corrected chi connectivity index (χ1v) is 8.72. The van der Waals surface area contributed by atoms with Crippen molar-refractivity contribution in [3.05, 3.63) is 0 Å². The van der Waals surface area contributed by atoms with Crippen molar-refractivity contribution in [2.75, 3.05) is 25.6 Å². The molecule has 118 valence electrons. The topological polar surface area (TPSA) is 38.3 Å². The number of hydrogen-bond acceptors (Lipinski definition) is 2. The van der Waals surface area contributed by atoms with Crippen LogP contribution < -0.4 is 5.32 Å². The van der Waals surface area contributed by atoms with Crippen LogP contribution in [0.5, 0.6) is 0 Å². The zero-order valence-electron chi connectivity index (χ0n) is 12.8. The van der Waals surface area contributed by atoms with Gasteiger partial charge in [0.15, 0.2) is 0 Å². The van der Waals surface area contributed by atoms with Gasteiger partial charge in [0.25, 0.3) is 0 Å². The molecule has 1 fully saturated rings. The molecule has 3 nitrogen and oxygen atoms in total. The first-order valence-electron chi connectivity index (χ1n) is 8.19. The van der Waals surface area contributed by atoms with Crippen LogP contribution in [0.15, 0.2) is 0 Å². The minimum absolute atomic E-state index is 0.247. The third-order valence-electron chi connectivity index (χ3n) is 4.17. The standard InChI is InChI=1S/C16H30ClNO2/c1-2-3-5-14-6-8-15(9-7-14)16(19)18-11-4-12-20-13-10-17/h14-15H,2-13H2,1H3,(H,18,19). The van der Waals surface area contributed by atoms with Crippen LogP contribution in [0.4, 0.5) is 0 Å². The van der Waals surface area contributed by atoms with Gasteiger partial charge in [0, 0.05) is 24.9 Å². The van der Waals surface area contributed by atoms with Gasteiger partial charge >= 0.3 is 0 Å². The van der Waals surface area contributed by atoms with Crippen molar-refractivity contribution in [3.8, 4) is 0 Å². The molecule has 1 aliphatic carbocycles. The van der Waals surface area contributed by atoms with E-state index < -0.39 is 0 Å². The lowest BCUT2D eigenvalue weighted by Crippen LogP contribution is -2.34. The summed E-state index contributed by atoms with van der Waals surface area (Å²) in [6, 6.07) is 0. The summed E-state index contributed by atoms with van der Waals surface area (Å²) in [5.74, 6) is 1.89. The van der Waals surface area contributed by atoms with Crippen molar-refractivity contribution < 1.29 is 9.53 Å². The minimum Gasteiger partial charge on any atom is -0.380 e. The van der Waals surface area contributed by atoms with Gasteiger partial charge in [-0.2, -0.15) is 0 Å². The lowest BCUT2D eigenvalue weighted by Gasteiger charge is -2.27. The lowest BCUT2D eigenvalue weighted by atomic mass is 9.79. The number of ether oxygens (including phenoxy) is 1. The zero-order valence-corrected chi connectivity index (χ0v) is 13.6. The first-order chi connectivity index (χ1) is 9.77. The molecule has 1 saturated carbocycles. The summed E-state index contributed by atoms with van der Waals surface area (Å²) in [5, 5.41) is 3.04. The van der Waals surface area contributed by atoms with Crippen LogP contribution in [0.25, 0.3) is 0 Å². The minimum atomic E-state index is 0.247. The number of carbonyl (C=O) groups is 1. The maximum absolute atomic E-state index is 12.0. The van der Waals surface area contributed by atoms with E-state index in [1.165, 1.54) is 32.1 Å². The molecule has 0 saturated heterocycles. The second-order valence-corrected chi connectivity index (χ2v) is 6.18. The van der Waals surface area contributed by atoms with Crippen molar-refractivity contribution in [1.29, 1.82) is 0 Å². The van der Waals surface area contributed by atoms with Gasteiger partial charge < -0.3 is 10.1 Å². The van der Waals surface area contributed by atoms with E-state index in [-0.39, 0.29) is 11.8 Å². The van der Waals surface area contributed by atoms with Crippen LogP contribution in [0, 0.1) is 11.8 Å². The predicted octanol–water partition coefficient (Wildman–Crippen LogP) is 3.74. The van der Waals surface area contributed by atoms with E-state index >= 15 is 0 Å². The highest BCUT2D eigenvalue weighted by Gasteiger charge is 2.25. The molecule has 1 N–H and O–H groups in total. The third-order valence-corrected chi connectivity index (χ3v) is 4.32. The average molecular weight is 304 g/mol. The van der Waals surface area contributed by atoms with Crippen LogP contribution in [-0.2, 0) is 9.53 Å². The Labute approximate surface area is 128 Å². The van der Waals surface area contributed by atoms with Crippen LogP contribution in [-0.4, -0.2) is 31.5 Å². The normalized spacial score (nSPS) is 22.7. The number of unbranched alkanes of at least 4 members (excludes halogenated alkanes) is 1. The fraction of sp³-hybridized carbons (Fsp3) is 0.938. The van der Waals surface area contributed by atoms with Crippen LogP contribution in [0.2, 0.25) is 0 Å². The van der Waals surface area contributed by atoms with Crippen molar-refractivity contribution in [1.82, 2.24) is 5.32 Å². The summed E-state index contributed by atoms with van der Waals surface area (Å²) in [4.78, 5) is 12.0. The second kappa shape index (κ2) is 11.4. The Morgan fingerprint density at radius 2 is 1.95 bits per heavy atom. The van der Waals surface area contributed by atoms with Gasteiger partial charge in [0.2, 0.25) is 5.91 Å². The van der Waals surface area contributed by atoms with Gasteiger partial charge in [-0.25, -0.2) is 0 Å². The monoisotopic (exact) mass is 303 g/mol. The smallest absolute Gasteiger partial charge is 0.223 e. The van der Waals surface area contributed by atoms with E-state index in [4.69, 9.17) is 16.3 Å². The van der Waals surface area contributed by atoms with Gasteiger partial charge in [-0.3, -0.25) is 4.79 Å². The molecule has 20 heavy (non-hydrogen) atoms. The number of rotatable bonds is 10. The Bertz CT molecular complexity index is 253. The Kier molecular flexibility index (Phi) is 10.1. The molecule has 0 aromatic carbocycles. The highest BCUT2D eigenvalue weighted by molar-refractivity contribution is 6.17. The van der Waals surface area contributed by atoms with Crippen LogP contribution in [0.1, 0.15) is 58.3 Å². The zero-order chi connectivity index (χ0) is 14.6. The fourth-order valence-electron chi connectivity index (χ4n) is 2.89.